The van der Waals surface area contributed by atoms with Crippen molar-refractivity contribution >= 4 is 17.3 Å². The number of hydrogen-bond acceptors (Lipinski definition) is 4. The van der Waals surface area contributed by atoms with E-state index in [9.17, 15) is 9.18 Å². The molecule has 0 atom stereocenters. The Hall–Kier alpha value is -3.41. The number of carbonyl (C=O) groups is 1. The van der Waals surface area contributed by atoms with Crippen LogP contribution in [-0.4, -0.2) is 18.0 Å². The van der Waals surface area contributed by atoms with E-state index in [1.165, 1.54) is 18.2 Å². The van der Waals surface area contributed by atoms with E-state index in [1.807, 2.05) is 24.3 Å². The fraction of sp³-hybridized carbons (Fsp3) is 0.100. The van der Waals surface area contributed by atoms with Gasteiger partial charge in [0.1, 0.15) is 17.3 Å². The summed E-state index contributed by atoms with van der Waals surface area (Å²) in [7, 11) is 1.63. The van der Waals surface area contributed by atoms with E-state index in [-0.39, 0.29) is 5.69 Å². The average Bonchev–Trinajstić information content (AvgIpc) is 2.67. The highest BCUT2D eigenvalue weighted by atomic mass is 19.1. The van der Waals surface area contributed by atoms with Crippen LogP contribution in [0.15, 0.2) is 66.9 Å². The van der Waals surface area contributed by atoms with Gasteiger partial charge in [0.05, 0.1) is 7.11 Å². The molecular formula is C20H18FN3O2. The molecule has 2 aromatic carbocycles. The van der Waals surface area contributed by atoms with Crippen LogP contribution >= 0.6 is 0 Å². The van der Waals surface area contributed by atoms with E-state index in [1.54, 1.807) is 31.5 Å². The zero-order chi connectivity index (χ0) is 18.4. The van der Waals surface area contributed by atoms with Crippen molar-refractivity contribution in [3.63, 3.8) is 0 Å². The molecule has 3 rings (SSSR count). The Kier molecular flexibility index (Phi) is 5.43. The van der Waals surface area contributed by atoms with Crippen molar-refractivity contribution in [1.29, 1.82) is 0 Å². The van der Waals surface area contributed by atoms with Gasteiger partial charge in [0.15, 0.2) is 0 Å². The van der Waals surface area contributed by atoms with Crippen molar-refractivity contribution in [2.75, 3.05) is 17.7 Å². The van der Waals surface area contributed by atoms with Gasteiger partial charge in [-0.15, -0.1) is 0 Å². The second-order valence-electron chi connectivity index (χ2n) is 5.60. The van der Waals surface area contributed by atoms with Crippen LogP contribution in [0, 0.1) is 5.82 Å². The van der Waals surface area contributed by atoms with Crippen LogP contribution in [0.5, 0.6) is 5.75 Å². The Bertz CT molecular complexity index is 898. The molecule has 0 aliphatic carbocycles. The van der Waals surface area contributed by atoms with E-state index >= 15 is 0 Å². The van der Waals surface area contributed by atoms with Crippen molar-refractivity contribution in [1.82, 2.24) is 4.98 Å². The molecule has 2 N–H and O–H groups in total. The topological polar surface area (TPSA) is 63.2 Å². The van der Waals surface area contributed by atoms with Gasteiger partial charge in [0.25, 0.3) is 5.91 Å². The first kappa shape index (κ1) is 17.4. The largest absolute Gasteiger partial charge is 0.497 e. The summed E-state index contributed by atoms with van der Waals surface area (Å²) in [5.74, 6) is -0.0108. The predicted molar refractivity (Wildman–Crippen MR) is 98.9 cm³/mol. The summed E-state index contributed by atoms with van der Waals surface area (Å²) >= 11 is 0. The molecule has 132 valence electrons. The molecule has 3 aromatic rings. The Morgan fingerprint density at radius 2 is 1.88 bits per heavy atom. The van der Waals surface area contributed by atoms with Crippen LogP contribution in [-0.2, 0) is 6.54 Å². The fourth-order valence-electron chi connectivity index (χ4n) is 2.37. The molecule has 0 aliphatic heterocycles. The molecule has 1 aromatic heterocycles. The summed E-state index contributed by atoms with van der Waals surface area (Å²) in [5, 5.41) is 5.88. The molecule has 0 spiro atoms. The van der Waals surface area contributed by atoms with Crippen LogP contribution in [0.25, 0.3) is 0 Å². The van der Waals surface area contributed by atoms with Crippen LogP contribution in [0.2, 0.25) is 0 Å². The minimum atomic E-state index is -0.411. The quantitative estimate of drug-likeness (QED) is 0.702. The number of nitrogens with zero attached hydrogens (tertiary/aromatic N) is 1. The number of amides is 1. The van der Waals surface area contributed by atoms with Crippen molar-refractivity contribution in [2.24, 2.45) is 0 Å². The number of carbonyl (C=O) groups excluding carboxylic acids is 1. The number of benzene rings is 2. The molecule has 6 heteroatoms. The fourth-order valence-corrected chi connectivity index (χ4v) is 2.37. The smallest absolute Gasteiger partial charge is 0.274 e. The molecule has 5 nitrogen and oxygen atoms in total. The van der Waals surface area contributed by atoms with Gasteiger partial charge in [-0.05, 0) is 48.0 Å². The zero-order valence-electron chi connectivity index (χ0n) is 14.2. The van der Waals surface area contributed by atoms with Crippen LogP contribution in [0.1, 0.15) is 16.1 Å². The van der Waals surface area contributed by atoms with Crippen molar-refractivity contribution in [2.45, 2.75) is 6.54 Å². The van der Waals surface area contributed by atoms with Crippen LogP contribution in [0.3, 0.4) is 0 Å². The molecule has 1 amide bonds. The molecule has 0 aliphatic rings. The van der Waals surface area contributed by atoms with Gasteiger partial charge in [-0.25, -0.2) is 4.39 Å². The number of hydrogen-bond donors (Lipinski definition) is 2. The van der Waals surface area contributed by atoms with Crippen LogP contribution in [0.4, 0.5) is 15.8 Å². The van der Waals surface area contributed by atoms with Gasteiger partial charge < -0.3 is 15.4 Å². The first-order chi connectivity index (χ1) is 12.6. The number of rotatable bonds is 6. The van der Waals surface area contributed by atoms with Gasteiger partial charge in [-0.3, -0.25) is 9.78 Å². The molecule has 0 unspecified atom stereocenters. The molecule has 1 heterocycles. The maximum Gasteiger partial charge on any atom is 0.274 e. The van der Waals surface area contributed by atoms with Gasteiger partial charge in [-0.2, -0.15) is 0 Å². The third kappa shape index (κ3) is 4.57. The second-order valence-corrected chi connectivity index (χ2v) is 5.60. The first-order valence-electron chi connectivity index (χ1n) is 8.04. The predicted octanol–water partition coefficient (Wildman–Crippen LogP) is 4.09. The Morgan fingerprint density at radius 3 is 2.62 bits per heavy atom. The molecule has 0 radical (unpaired) electrons. The highest BCUT2D eigenvalue weighted by Gasteiger charge is 2.09. The summed E-state index contributed by atoms with van der Waals surface area (Å²) in [6.07, 6.45) is 1.55. The molecule has 0 bridgehead atoms. The average molecular weight is 351 g/mol. The van der Waals surface area contributed by atoms with Crippen LogP contribution < -0.4 is 15.4 Å². The molecule has 0 saturated heterocycles. The lowest BCUT2D eigenvalue weighted by atomic mass is 10.2. The van der Waals surface area contributed by atoms with Gasteiger partial charge in [0.2, 0.25) is 0 Å². The molecular weight excluding hydrogens is 333 g/mol. The standard InChI is InChI=1S/C20H18FN3O2/c1-26-18-7-5-14(6-8-18)13-23-16-9-10-22-19(12-16)20(25)24-17-4-2-3-15(21)11-17/h2-12H,13H2,1H3,(H,22,23)(H,24,25). The summed E-state index contributed by atoms with van der Waals surface area (Å²) < 4.78 is 18.3. The summed E-state index contributed by atoms with van der Waals surface area (Å²) in [6.45, 7) is 0.596. The maximum atomic E-state index is 13.2. The van der Waals surface area contributed by atoms with Crippen molar-refractivity contribution in [3.8, 4) is 5.75 Å². The highest BCUT2D eigenvalue weighted by molar-refractivity contribution is 6.03. The molecule has 0 saturated carbocycles. The third-order valence-corrected chi connectivity index (χ3v) is 3.73. The number of ether oxygens (including phenoxy) is 1. The number of nitrogens with one attached hydrogen (secondary N) is 2. The lowest BCUT2D eigenvalue weighted by molar-refractivity contribution is 0.102. The zero-order valence-corrected chi connectivity index (χ0v) is 14.2. The van der Waals surface area contributed by atoms with Gasteiger partial charge in [0, 0.05) is 24.1 Å². The summed E-state index contributed by atoms with van der Waals surface area (Å²) in [4.78, 5) is 16.4. The molecule has 26 heavy (non-hydrogen) atoms. The monoisotopic (exact) mass is 351 g/mol. The number of anilines is 2. The Morgan fingerprint density at radius 1 is 1.08 bits per heavy atom. The summed E-state index contributed by atoms with van der Waals surface area (Å²) in [6, 6.07) is 16.9. The lowest BCUT2D eigenvalue weighted by Crippen LogP contribution is -2.14. The lowest BCUT2D eigenvalue weighted by Gasteiger charge is -2.09. The Balaban J connectivity index is 1.64. The van der Waals surface area contributed by atoms with E-state index in [0.717, 1.165) is 17.0 Å². The van der Waals surface area contributed by atoms with Gasteiger partial charge >= 0.3 is 0 Å². The Labute approximate surface area is 150 Å². The number of pyridine rings is 1. The van der Waals surface area contributed by atoms with E-state index in [0.29, 0.717) is 12.2 Å². The first-order valence-corrected chi connectivity index (χ1v) is 8.04. The van der Waals surface area contributed by atoms with Crippen molar-refractivity contribution < 1.29 is 13.9 Å². The second kappa shape index (κ2) is 8.11. The van der Waals surface area contributed by atoms with E-state index in [4.69, 9.17) is 4.74 Å². The molecule has 0 fully saturated rings. The third-order valence-electron chi connectivity index (χ3n) is 3.73. The summed E-state index contributed by atoms with van der Waals surface area (Å²) in [5.41, 5.74) is 2.47. The SMILES string of the molecule is COc1ccc(CNc2ccnc(C(=O)Nc3cccc(F)c3)c2)cc1. The minimum absolute atomic E-state index is 0.244. The van der Waals surface area contributed by atoms with E-state index < -0.39 is 11.7 Å². The number of aromatic nitrogens is 1. The normalized spacial score (nSPS) is 10.2. The number of methoxy groups -OCH3 is 1. The minimum Gasteiger partial charge on any atom is -0.497 e. The van der Waals surface area contributed by atoms with Crippen molar-refractivity contribution in [3.05, 3.63) is 83.9 Å². The van der Waals surface area contributed by atoms with Gasteiger partial charge in [-0.1, -0.05) is 18.2 Å². The number of halogens is 1. The highest BCUT2D eigenvalue weighted by Crippen LogP contribution is 2.15. The van der Waals surface area contributed by atoms with E-state index in [2.05, 4.69) is 15.6 Å². The maximum absolute atomic E-state index is 13.2.